The largest absolute Gasteiger partial charge is 0.396 e. The van der Waals surface area contributed by atoms with Crippen LogP contribution in [0.2, 0.25) is 0 Å². The summed E-state index contributed by atoms with van der Waals surface area (Å²) >= 11 is 0. The van der Waals surface area contributed by atoms with E-state index < -0.39 is 0 Å². The Kier molecular flexibility index (Phi) is 7.98. The maximum atomic E-state index is 9.14. The van der Waals surface area contributed by atoms with Crippen molar-refractivity contribution in [2.45, 2.75) is 64.8 Å². The molecule has 2 nitrogen and oxygen atoms in total. The average molecular weight is 291 g/mol. The van der Waals surface area contributed by atoms with Crippen LogP contribution < -0.4 is 5.32 Å². The minimum atomic E-state index is 0.185. The van der Waals surface area contributed by atoms with E-state index in [2.05, 4.69) is 63.3 Å². The number of hydrogen-bond donors (Lipinski definition) is 2. The Hall–Kier alpha value is -0.860. The summed E-state index contributed by atoms with van der Waals surface area (Å²) in [5.41, 5.74) is 1.59. The van der Waals surface area contributed by atoms with E-state index in [0.29, 0.717) is 18.6 Å². The number of nitrogens with one attached hydrogen (secondary N) is 1. The Balaban J connectivity index is 2.47. The van der Waals surface area contributed by atoms with Gasteiger partial charge in [-0.15, -0.1) is 0 Å². The van der Waals surface area contributed by atoms with Gasteiger partial charge in [0.25, 0.3) is 0 Å². The Morgan fingerprint density at radius 1 is 1.14 bits per heavy atom. The minimum absolute atomic E-state index is 0.185. The van der Waals surface area contributed by atoms with Crippen molar-refractivity contribution in [2.24, 2.45) is 5.92 Å². The maximum Gasteiger partial charge on any atom is 0.0434 e. The Bertz CT molecular complexity index is 368. The number of aliphatic hydroxyl groups is 1. The molecule has 0 saturated carbocycles. The third-order valence-corrected chi connectivity index (χ3v) is 4.36. The topological polar surface area (TPSA) is 32.3 Å². The zero-order chi connectivity index (χ0) is 15.7. The van der Waals surface area contributed by atoms with Crippen molar-refractivity contribution in [1.29, 1.82) is 0 Å². The van der Waals surface area contributed by atoms with Crippen molar-refractivity contribution in [1.82, 2.24) is 5.32 Å². The highest BCUT2D eigenvalue weighted by Gasteiger charge is 2.23. The van der Waals surface area contributed by atoms with Crippen molar-refractivity contribution in [3.8, 4) is 0 Å². The first-order valence-corrected chi connectivity index (χ1v) is 8.39. The number of rotatable bonds is 10. The molecule has 0 bridgehead atoms. The number of aliphatic hydroxyl groups excluding tert-OH is 1. The van der Waals surface area contributed by atoms with Gasteiger partial charge in [0.1, 0.15) is 0 Å². The number of hydrogen-bond acceptors (Lipinski definition) is 2. The van der Waals surface area contributed by atoms with E-state index in [1.165, 1.54) is 18.4 Å². The summed E-state index contributed by atoms with van der Waals surface area (Å²) < 4.78 is 0. The Morgan fingerprint density at radius 2 is 1.81 bits per heavy atom. The zero-order valence-electron chi connectivity index (χ0n) is 14.2. The van der Waals surface area contributed by atoms with Crippen molar-refractivity contribution >= 4 is 0 Å². The van der Waals surface area contributed by atoms with Crippen molar-refractivity contribution in [2.75, 3.05) is 13.2 Å². The van der Waals surface area contributed by atoms with Crippen molar-refractivity contribution in [3.05, 3.63) is 35.9 Å². The molecule has 0 aromatic heterocycles. The van der Waals surface area contributed by atoms with Crippen LogP contribution in [0.1, 0.15) is 58.9 Å². The summed E-state index contributed by atoms with van der Waals surface area (Å²) in [5.74, 6) is 0.599. The van der Waals surface area contributed by atoms with Gasteiger partial charge >= 0.3 is 0 Å². The van der Waals surface area contributed by atoms with Gasteiger partial charge in [0.2, 0.25) is 0 Å². The van der Waals surface area contributed by atoms with E-state index in [0.717, 1.165) is 19.4 Å². The van der Waals surface area contributed by atoms with E-state index in [-0.39, 0.29) is 5.41 Å². The molecule has 0 radical (unpaired) electrons. The minimum Gasteiger partial charge on any atom is -0.396 e. The third-order valence-electron chi connectivity index (χ3n) is 4.36. The second-order valence-electron chi connectivity index (χ2n) is 6.93. The molecule has 0 aliphatic carbocycles. The lowest BCUT2D eigenvalue weighted by atomic mass is 9.79. The predicted octanol–water partition coefficient (Wildman–Crippen LogP) is 4.13. The molecule has 21 heavy (non-hydrogen) atoms. The van der Waals surface area contributed by atoms with Crippen molar-refractivity contribution < 1.29 is 5.11 Å². The highest BCUT2D eigenvalue weighted by Crippen LogP contribution is 2.28. The fourth-order valence-corrected chi connectivity index (χ4v) is 3.15. The summed E-state index contributed by atoms with van der Waals surface area (Å²) in [6.07, 6.45) is 4.42. The van der Waals surface area contributed by atoms with Crippen LogP contribution in [0.25, 0.3) is 0 Å². The monoisotopic (exact) mass is 291 g/mol. The molecule has 2 atom stereocenters. The molecule has 120 valence electrons. The quantitative estimate of drug-likeness (QED) is 0.679. The molecule has 0 heterocycles. The third kappa shape index (κ3) is 6.62. The van der Waals surface area contributed by atoms with Gasteiger partial charge in [0, 0.05) is 12.6 Å². The van der Waals surface area contributed by atoms with Crippen LogP contribution in [0.4, 0.5) is 0 Å². The molecule has 0 aliphatic heterocycles. The van der Waals surface area contributed by atoms with E-state index >= 15 is 0 Å². The van der Waals surface area contributed by atoms with Gasteiger partial charge in [-0.05, 0) is 49.6 Å². The molecule has 0 aliphatic rings. The summed E-state index contributed by atoms with van der Waals surface area (Å²) in [5, 5.41) is 12.8. The van der Waals surface area contributed by atoms with Gasteiger partial charge < -0.3 is 10.4 Å². The first kappa shape index (κ1) is 18.2. The van der Waals surface area contributed by atoms with Crippen LogP contribution in [0, 0.1) is 5.92 Å². The highest BCUT2D eigenvalue weighted by molar-refractivity contribution is 5.23. The molecular formula is C19H33NO. The highest BCUT2D eigenvalue weighted by atomic mass is 16.3. The maximum absolute atomic E-state index is 9.14. The summed E-state index contributed by atoms with van der Waals surface area (Å²) in [4.78, 5) is 0. The lowest BCUT2D eigenvalue weighted by molar-refractivity contribution is 0.243. The van der Waals surface area contributed by atoms with Crippen LogP contribution >= 0.6 is 0 Å². The zero-order valence-corrected chi connectivity index (χ0v) is 14.2. The molecule has 1 rings (SSSR count). The van der Waals surface area contributed by atoms with Gasteiger partial charge in [0.05, 0.1) is 0 Å². The molecule has 2 heteroatoms. The normalized spacial score (nSPS) is 14.9. The fraction of sp³-hybridized carbons (Fsp3) is 0.684. The smallest absolute Gasteiger partial charge is 0.0434 e. The lowest BCUT2D eigenvalue weighted by Gasteiger charge is -2.30. The van der Waals surface area contributed by atoms with Crippen LogP contribution in [-0.2, 0) is 5.41 Å². The molecule has 0 spiro atoms. The van der Waals surface area contributed by atoms with Gasteiger partial charge in [-0.3, -0.25) is 0 Å². The Labute approximate surface area is 131 Å². The summed E-state index contributed by atoms with van der Waals surface area (Å²) in [6.45, 7) is 10.4. The van der Waals surface area contributed by atoms with Gasteiger partial charge in [-0.25, -0.2) is 0 Å². The van der Waals surface area contributed by atoms with E-state index in [1.54, 1.807) is 0 Å². The van der Waals surface area contributed by atoms with Gasteiger partial charge in [0.15, 0.2) is 0 Å². The molecule has 0 saturated heterocycles. The lowest BCUT2D eigenvalue weighted by Crippen LogP contribution is -2.36. The van der Waals surface area contributed by atoms with Crippen LogP contribution in [0.5, 0.6) is 0 Å². The van der Waals surface area contributed by atoms with E-state index in [9.17, 15) is 0 Å². The van der Waals surface area contributed by atoms with Crippen LogP contribution in [0.3, 0.4) is 0 Å². The summed E-state index contributed by atoms with van der Waals surface area (Å²) in [7, 11) is 0. The SMILES string of the molecule is CCCC(CCO)CNC(C)CC(C)(C)c1ccccc1. The first-order chi connectivity index (χ1) is 9.99. The average Bonchev–Trinajstić information content (AvgIpc) is 2.46. The Morgan fingerprint density at radius 3 is 2.38 bits per heavy atom. The van der Waals surface area contributed by atoms with Crippen LogP contribution in [0.15, 0.2) is 30.3 Å². The molecule has 0 fully saturated rings. The van der Waals surface area contributed by atoms with Gasteiger partial charge in [-0.1, -0.05) is 57.5 Å². The first-order valence-electron chi connectivity index (χ1n) is 8.39. The molecule has 2 unspecified atom stereocenters. The molecule has 1 aromatic rings. The van der Waals surface area contributed by atoms with Crippen LogP contribution in [-0.4, -0.2) is 24.3 Å². The fourth-order valence-electron chi connectivity index (χ4n) is 3.15. The summed E-state index contributed by atoms with van der Waals surface area (Å²) in [6, 6.07) is 11.2. The predicted molar refractivity (Wildman–Crippen MR) is 91.7 cm³/mol. The van der Waals surface area contributed by atoms with Gasteiger partial charge in [-0.2, -0.15) is 0 Å². The second-order valence-corrected chi connectivity index (χ2v) is 6.93. The van der Waals surface area contributed by atoms with E-state index in [4.69, 9.17) is 5.11 Å². The molecular weight excluding hydrogens is 258 g/mol. The molecule has 1 aromatic carbocycles. The van der Waals surface area contributed by atoms with Crippen molar-refractivity contribution in [3.63, 3.8) is 0 Å². The molecule has 0 amide bonds. The van der Waals surface area contributed by atoms with E-state index in [1.807, 2.05) is 0 Å². The standard InChI is InChI=1S/C19H33NO/c1-5-9-17(12-13-21)15-20-16(2)14-19(3,4)18-10-7-6-8-11-18/h6-8,10-11,16-17,20-21H,5,9,12-15H2,1-4H3. The molecule has 2 N–H and O–H groups in total. The number of benzene rings is 1. The second kappa shape index (κ2) is 9.22.